The van der Waals surface area contributed by atoms with Gasteiger partial charge in [0.1, 0.15) is 11.4 Å². The lowest BCUT2D eigenvalue weighted by atomic mass is 9.91. The van der Waals surface area contributed by atoms with Crippen molar-refractivity contribution in [1.82, 2.24) is 4.57 Å². The number of esters is 2. The number of ether oxygens (including phenoxy) is 3. The Morgan fingerprint density at radius 3 is 2.24 bits per heavy atom. The van der Waals surface area contributed by atoms with Crippen molar-refractivity contribution >= 4 is 22.7 Å². The van der Waals surface area contributed by atoms with Gasteiger partial charge in [-0.3, -0.25) is 4.79 Å². The maximum atomic E-state index is 13.2. The number of fused-ring (bicyclic) bond motifs is 3. The topological polar surface area (TPSA) is 66.8 Å². The predicted octanol–water partition coefficient (Wildman–Crippen LogP) is 5.88. The van der Waals surface area contributed by atoms with Crippen LogP contribution in [-0.4, -0.2) is 22.1 Å². The SMILES string of the molecule is CC(=O)Oc1c2c(c3ccccc3c1OC(=O)c1ccc(-n3cccc3)cc1)OC(C)(C)CC2. The van der Waals surface area contributed by atoms with Crippen LogP contribution in [-0.2, 0) is 11.2 Å². The maximum Gasteiger partial charge on any atom is 0.343 e. The molecule has 1 aromatic heterocycles. The Labute approximate surface area is 197 Å². The quantitative estimate of drug-likeness (QED) is 0.284. The summed E-state index contributed by atoms with van der Waals surface area (Å²) in [5, 5.41) is 1.46. The molecule has 0 unspecified atom stereocenters. The monoisotopic (exact) mass is 455 g/mol. The second-order valence-corrected chi connectivity index (χ2v) is 8.99. The Balaban J connectivity index is 1.59. The fourth-order valence-electron chi connectivity index (χ4n) is 4.28. The van der Waals surface area contributed by atoms with Crippen LogP contribution in [0.25, 0.3) is 16.5 Å². The van der Waals surface area contributed by atoms with Gasteiger partial charge in [-0.15, -0.1) is 0 Å². The molecule has 0 saturated carbocycles. The molecular weight excluding hydrogens is 430 g/mol. The normalized spacial score (nSPS) is 14.2. The molecule has 0 spiro atoms. The average molecular weight is 456 g/mol. The van der Waals surface area contributed by atoms with E-state index in [1.807, 2.05) is 79.3 Å². The third-order valence-electron chi connectivity index (χ3n) is 5.97. The van der Waals surface area contributed by atoms with Gasteiger partial charge in [-0.05, 0) is 63.1 Å². The van der Waals surface area contributed by atoms with Crippen LogP contribution in [0, 0.1) is 0 Å². The average Bonchev–Trinajstić information content (AvgIpc) is 3.35. The molecule has 2 heterocycles. The minimum Gasteiger partial charge on any atom is -0.487 e. The van der Waals surface area contributed by atoms with Gasteiger partial charge in [0.15, 0.2) is 11.5 Å². The molecule has 172 valence electrons. The summed E-state index contributed by atoms with van der Waals surface area (Å²) in [5.74, 6) is 0.116. The summed E-state index contributed by atoms with van der Waals surface area (Å²) >= 11 is 0. The molecule has 3 aromatic carbocycles. The molecule has 0 fully saturated rings. The van der Waals surface area contributed by atoms with E-state index in [2.05, 4.69) is 0 Å². The zero-order valence-electron chi connectivity index (χ0n) is 19.3. The minimum atomic E-state index is -0.533. The van der Waals surface area contributed by atoms with Crippen molar-refractivity contribution in [2.75, 3.05) is 0 Å². The van der Waals surface area contributed by atoms with Crippen LogP contribution in [0.15, 0.2) is 73.1 Å². The van der Waals surface area contributed by atoms with Gasteiger partial charge in [0.2, 0.25) is 0 Å². The molecule has 6 heteroatoms. The van der Waals surface area contributed by atoms with Gasteiger partial charge in [0.05, 0.1) is 5.56 Å². The van der Waals surface area contributed by atoms with Crippen molar-refractivity contribution in [3.63, 3.8) is 0 Å². The van der Waals surface area contributed by atoms with Crippen molar-refractivity contribution < 1.29 is 23.8 Å². The molecule has 1 aliphatic rings. The number of aromatic nitrogens is 1. The fourth-order valence-corrected chi connectivity index (χ4v) is 4.28. The van der Waals surface area contributed by atoms with Crippen LogP contribution in [0.2, 0.25) is 0 Å². The highest BCUT2D eigenvalue weighted by molar-refractivity contribution is 6.01. The van der Waals surface area contributed by atoms with Crippen molar-refractivity contribution in [2.24, 2.45) is 0 Å². The van der Waals surface area contributed by atoms with Crippen LogP contribution in [0.3, 0.4) is 0 Å². The number of carbonyl (C=O) groups is 2. The number of carbonyl (C=O) groups excluding carboxylic acids is 2. The molecular formula is C28H25NO5. The standard InChI is InChI=1S/C28H25NO5/c1-18(30)32-26-23-14-15-28(2,3)34-24(23)21-8-4-5-9-22(21)25(26)33-27(31)19-10-12-20(13-11-19)29-16-6-7-17-29/h4-13,16-17H,14-15H2,1-3H3. The summed E-state index contributed by atoms with van der Waals surface area (Å²) in [6.07, 6.45) is 5.23. The summed E-state index contributed by atoms with van der Waals surface area (Å²) in [5.41, 5.74) is 1.70. The molecule has 4 aromatic rings. The van der Waals surface area contributed by atoms with E-state index in [1.165, 1.54) is 6.92 Å². The van der Waals surface area contributed by atoms with Crippen LogP contribution >= 0.6 is 0 Å². The second kappa shape index (κ2) is 8.37. The fraction of sp³-hybridized carbons (Fsp3) is 0.214. The van der Waals surface area contributed by atoms with E-state index < -0.39 is 11.9 Å². The van der Waals surface area contributed by atoms with Crippen molar-refractivity contribution in [3.05, 3.63) is 84.2 Å². The first-order valence-corrected chi connectivity index (χ1v) is 11.2. The Hall–Kier alpha value is -4.06. The highest BCUT2D eigenvalue weighted by Crippen LogP contribution is 2.50. The molecule has 0 atom stereocenters. The van der Waals surface area contributed by atoms with Gasteiger partial charge in [-0.25, -0.2) is 4.79 Å². The molecule has 0 radical (unpaired) electrons. The van der Waals surface area contributed by atoms with E-state index in [1.54, 1.807) is 12.1 Å². The lowest BCUT2D eigenvalue weighted by Crippen LogP contribution is -2.33. The van der Waals surface area contributed by atoms with Crippen LogP contribution in [0.1, 0.15) is 43.1 Å². The molecule has 0 amide bonds. The van der Waals surface area contributed by atoms with Crippen LogP contribution in [0.5, 0.6) is 17.2 Å². The first-order valence-electron chi connectivity index (χ1n) is 11.2. The van der Waals surface area contributed by atoms with Crippen molar-refractivity contribution in [3.8, 4) is 22.9 Å². The molecule has 0 N–H and O–H groups in total. The zero-order valence-corrected chi connectivity index (χ0v) is 19.3. The summed E-state index contributed by atoms with van der Waals surface area (Å²) in [7, 11) is 0. The van der Waals surface area contributed by atoms with E-state index >= 15 is 0 Å². The van der Waals surface area contributed by atoms with E-state index in [-0.39, 0.29) is 17.1 Å². The first kappa shape index (κ1) is 21.8. The van der Waals surface area contributed by atoms with E-state index in [4.69, 9.17) is 14.2 Å². The van der Waals surface area contributed by atoms with Gasteiger partial charge >= 0.3 is 11.9 Å². The number of benzene rings is 3. The Morgan fingerprint density at radius 1 is 0.882 bits per heavy atom. The zero-order chi connectivity index (χ0) is 23.9. The van der Waals surface area contributed by atoms with E-state index in [9.17, 15) is 9.59 Å². The lowest BCUT2D eigenvalue weighted by Gasteiger charge is -2.34. The number of hydrogen-bond donors (Lipinski definition) is 0. The number of hydrogen-bond acceptors (Lipinski definition) is 5. The molecule has 0 bridgehead atoms. The van der Waals surface area contributed by atoms with E-state index in [0.717, 1.165) is 23.1 Å². The summed E-state index contributed by atoms with van der Waals surface area (Å²) < 4.78 is 19.8. The van der Waals surface area contributed by atoms with Gasteiger partial charge in [0, 0.05) is 41.3 Å². The van der Waals surface area contributed by atoms with Crippen LogP contribution in [0.4, 0.5) is 0 Å². The van der Waals surface area contributed by atoms with Crippen LogP contribution < -0.4 is 14.2 Å². The largest absolute Gasteiger partial charge is 0.487 e. The molecule has 0 aliphatic carbocycles. The Bertz CT molecular complexity index is 1380. The molecule has 0 saturated heterocycles. The third-order valence-corrected chi connectivity index (χ3v) is 5.97. The van der Waals surface area contributed by atoms with Crippen molar-refractivity contribution in [2.45, 2.75) is 39.2 Å². The molecule has 6 nitrogen and oxygen atoms in total. The van der Waals surface area contributed by atoms with E-state index in [0.29, 0.717) is 23.1 Å². The summed E-state index contributed by atoms with van der Waals surface area (Å²) in [6.45, 7) is 5.39. The highest BCUT2D eigenvalue weighted by Gasteiger charge is 2.34. The first-order chi connectivity index (χ1) is 16.3. The smallest absolute Gasteiger partial charge is 0.343 e. The number of rotatable bonds is 4. The molecule has 34 heavy (non-hydrogen) atoms. The highest BCUT2D eigenvalue weighted by atomic mass is 16.6. The number of nitrogens with zero attached hydrogens (tertiary/aromatic N) is 1. The second-order valence-electron chi connectivity index (χ2n) is 8.99. The molecule has 5 rings (SSSR count). The Morgan fingerprint density at radius 2 is 1.56 bits per heavy atom. The third kappa shape index (κ3) is 4.03. The summed E-state index contributed by atoms with van der Waals surface area (Å²) in [6, 6.07) is 18.5. The van der Waals surface area contributed by atoms with Gasteiger partial charge in [-0.2, -0.15) is 0 Å². The minimum absolute atomic E-state index is 0.229. The summed E-state index contributed by atoms with van der Waals surface area (Å²) in [4.78, 5) is 25.2. The Kier molecular flexibility index (Phi) is 5.36. The molecule has 1 aliphatic heterocycles. The lowest BCUT2D eigenvalue weighted by molar-refractivity contribution is -0.132. The maximum absolute atomic E-state index is 13.2. The van der Waals surface area contributed by atoms with Gasteiger partial charge in [-0.1, -0.05) is 24.3 Å². The predicted molar refractivity (Wildman–Crippen MR) is 129 cm³/mol. The van der Waals surface area contributed by atoms with Crippen molar-refractivity contribution in [1.29, 1.82) is 0 Å². The van der Waals surface area contributed by atoms with Gasteiger partial charge in [0.25, 0.3) is 0 Å². The van der Waals surface area contributed by atoms with Gasteiger partial charge < -0.3 is 18.8 Å².